The van der Waals surface area contributed by atoms with Gasteiger partial charge >= 0.3 is 6.03 Å². The van der Waals surface area contributed by atoms with E-state index in [4.69, 9.17) is 16.3 Å². The second-order valence-electron chi connectivity index (χ2n) is 7.71. The fourth-order valence-corrected chi connectivity index (χ4v) is 3.54. The molecule has 8 nitrogen and oxygen atoms in total. The van der Waals surface area contributed by atoms with Crippen molar-refractivity contribution < 1.29 is 23.9 Å². The molecule has 176 valence electrons. The summed E-state index contributed by atoms with van der Waals surface area (Å²) in [5, 5.41) is 5.36. The van der Waals surface area contributed by atoms with Gasteiger partial charge in [0.15, 0.2) is 6.61 Å². The predicted octanol–water partition coefficient (Wildman–Crippen LogP) is 4.33. The zero-order valence-corrected chi connectivity index (χ0v) is 19.3. The third kappa shape index (κ3) is 5.74. The number of aryl methyl sites for hydroxylation is 1. The number of urea groups is 1. The lowest BCUT2D eigenvalue weighted by Crippen LogP contribution is -2.54. The lowest BCUT2D eigenvalue weighted by Gasteiger charge is -2.26. The van der Waals surface area contributed by atoms with Gasteiger partial charge in [-0.05, 0) is 72.7 Å². The van der Waals surface area contributed by atoms with Crippen molar-refractivity contribution in [3.8, 4) is 5.75 Å². The molecule has 35 heavy (non-hydrogen) atoms. The summed E-state index contributed by atoms with van der Waals surface area (Å²) in [5.41, 5.74) is 2.20. The molecule has 0 atom stereocenters. The molecule has 1 fully saturated rings. The Labute approximate surface area is 206 Å². The van der Waals surface area contributed by atoms with Crippen molar-refractivity contribution in [1.29, 1.82) is 0 Å². The minimum absolute atomic E-state index is 0.228. The Kier molecular flexibility index (Phi) is 6.93. The van der Waals surface area contributed by atoms with Crippen LogP contribution in [0.25, 0.3) is 6.08 Å². The number of imide groups is 2. The van der Waals surface area contributed by atoms with Gasteiger partial charge in [-0.25, -0.2) is 9.69 Å². The number of nitrogens with one attached hydrogen (secondary N) is 2. The number of hydrogen-bond donors (Lipinski definition) is 2. The SMILES string of the molecule is Cc1cccc(NC(=O)COc2cccc(/C=C3/C(=O)NC(=O)N(c4ccc(Cl)cc4)C3=O)c2)c1. The number of hydrogen-bond acceptors (Lipinski definition) is 5. The van der Waals surface area contributed by atoms with Crippen LogP contribution < -0.4 is 20.3 Å². The first-order valence-corrected chi connectivity index (χ1v) is 10.9. The van der Waals surface area contributed by atoms with E-state index in [1.165, 1.54) is 30.3 Å². The second-order valence-corrected chi connectivity index (χ2v) is 8.15. The Morgan fingerprint density at radius 2 is 1.77 bits per heavy atom. The quantitative estimate of drug-likeness (QED) is 0.396. The first-order valence-electron chi connectivity index (χ1n) is 10.6. The summed E-state index contributed by atoms with van der Waals surface area (Å²) in [6.07, 6.45) is 1.35. The van der Waals surface area contributed by atoms with Crippen LogP contribution >= 0.6 is 11.6 Å². The highest BCUT2D eigenvalue weighted by Gasteiger charge is 2.36. The maximum atomic E-state index is 13.0. The number of benzene rings is 3. The van der Waals surface area contributed by atoms with Gasteiger partial charge in [-0.2, -0.15) is 0 Å². The third-order valence-corrected chi connectivity index (χ3v) is 5.28. The van der Waals surface area contributed by atoms with E-state index in [0.717, 1.165) is 10.5 Å². The lowest BCUT2D eigenvalue weighted by molar-refractivity contribution is -0.122. The van der Waals surface area contributed by atoms with Gasteiger partial charge in [-0.15, -0.1) is 0 Å². The molecule has 1 aliphatic heterocycles. The summed E-state index contributed by atoms with van der Waals surface area (Å²) in [7, 11) is 0. The molecule has 0 bridgehead atoms. The van der Waals surface area contributed by atoms with E-state index in [9.17, 15) is 19.2 Å². The van der Waals surface area contributed by atoms with E-state index in [-0.39, 0.29) is 23.8 Å². The number of barbiturate groups is 1. The largest absolute Gasteiger partial charge is 0.484 e. The van der Waals surface area contributed by atoms with E-state index in [1.807, 2.05) is 25.1 Å². The van der Waals surface area contributed by atoms with Crippen molar-refractivity contribution in [1.82, 2.24) is 5.32 Å². The van der Waals surface area contributed by atoms with Gasteiger partial charge in [0.1, 0.15) is 11.3 Å². The van der Waals surface area contributed by atoms with Crippen molar-refractivity contribution in [2.75, 3.05) is 16.8 Å². The molecule has 5 amide bonds. The van der Waals surface area contributed by atoms with E-state index in [0.29, 0.717) is 22.0 Å². The van der Waals surface area contributed by atoms with Crippen LogP contribution in [0.4, 0.5) is 16.2 Å². The summed E-state index contributed by atoms with van der Waals surface area (Å²) in [5.74, 6) is -1.55. The minimum atomic E-state index is -0.851. The zero-order valence-electron chi connectivity index (χ0n) is 18.6. The Morgan fingerprint density at radius 3 is 2.51 bits per heavy atom. The van der Waals surface area contributed by atoms with Crippen molar-refractivity contribution in [2.24, 2.45) is 0 Å². The fraction of sp³-hybridized carbons (Fsp3) is 0.0769. The van der Waals surface area contributed by atoms with E-state index in [2.05, 4.69) is 10.6 Å². The maximum absolute atomic E-state index is 13.0. The van der Waals surface area contributed by atoms with Gasteiger partial charge in [0, 0.05) is 10.7 Å². The summed E-state index contributed by atoms with van der Waals surface area (Å²) in [6.45, 7) is 1.69. The van der Waals surface area contributed by atoms with Crippen LogP contribution in [0.15, 0.2) is 78.4 Å². The molecular formula is C26H20ClN3O5. The molecule has 0 aliphatic carbocycles. The molecule has 0 aromatic heterocycles. The Balaban J connectivity index is 1.48. The molecule has 0 radical (unpaired) electrons. The fourth-order valence-electron chi connectivity index (χ4n) is 3.41. The van der Waals surface area contributed by atoms with Crippen LogP contribution in [0.2, 0.25) is 5.02 Å². The number of rotatable bonds is 6. The molecule has 1 aliphatic rings. The van der Waals surface area contributed by atoms with Gasteiger partial charge in [0.25, 0.3) is 17.7 Å². The molecule has 0 saturated carbocycles. The molecule has 4 rings (SSSR count). The van der Waals surface area contributed by atoms with Gasteiger partial charge < -0.3 is 10.1 Å². The highest BCUT2D eigenvalue weighted by molar-refractivity contribution is 6.39. The average molecular weight is 490 g/mol. The number of nitrogens with zero attached hydrogens (tertiary/aromatic N) is 1. The summed E-state index contributed by atoms with van der Waals surface area (Å²) in [4.78, 5) is 50.8. The molecule has 1 heterocycles. The van der Waals surface area contributed by atoms with Gasteiger partial charge in [0.2, 0.25) is 0 Å². The molecule has 3 aromatic rings. The van der Waals surface area contributed by atoms with E-state index in [1.54, 1.807) is 30.3 Å². The van der Waals surface area contributed by atoms with Gasteiger partial charge in [-0.1, -0.05) is 35.9 Å². The highest BCUT2D eigenvalue weighted by atomic mass is 35.5. The smallest absolute Gasteiger partial charge is 0.335 e. The number of carbonyl (C=O) groups excluding carboxylic acids is 4. The number of amides is 5. The van der Waals surface area contributed by atoms with Crippen molar-refractivity contribution >= 4 is 52.8 Å². The van der Waals surface area contributed by atoms with E-state index < -0.39 is 17.8 Å². The summed E-state index contributed by atoms with van der Waals surface area (Å²) < 4.78 is 5.57. The van der Waals surface area contributed by atoms with Crippen LogP contribution in [0.3, 0.4) is 0 Å². The molecule has 0 unspecified atom stereocenters. The Morgan fingerprint density at radius 1 is 1.03 bits per heavy atom. The zero-order chi connectivity index (χ0) is 24.9. The van der Waals surface area contributed by atoms with E-state index >= 15 is 0 Å². The Hall–Kier alpha value is -4.43. The summed E-state index contributed by atoms with van der Waals surface area (Å²) in [6, 6.07) is 19.2. The first kappa shape index (κ1) is 23.7. The molecule has 3 aromatic carbocycles. The Bertz CT molecular complexity index is 1350. The highest BCUT2D eigenvalue weighted by Crippen LogP contribution is 2.24. The average Bonchev–Trinajstić information content (AvgIpc) is 2.82. The minimum Gasteiger partial charge on any atom is -0.484 e. The normalized spacial score (nSPS) is 14.6. The van der Waals surface area contributed by atoms with Crippen LogP contribution in [0, 0.1) is 6.92 Å². The van der Waals surface area contributed by atoms with Gasteiger partial charge in [-0.3, -0.25) is 19.7 Å². The van der Waals surface area contributed by atoms with Crippen molar-refractivity contribution in [3.63, 3.8) is 0 Å². The monoisotopic (exact) mass is 489 g/mol. The molecule has 0 spiro atoms. The molecule has 9 heteroatoms. The number of carbonyl (C=O) groups is 4. The standard InChI is InChI=1S/C26H20ClN3O5/c1-16-4-2-6-19(12-16)28-23(31)15-35-21-7-3-5-17(13-21)14-22-24(32)29-26(34)30(25(22)33)20-10-8-18(27)9-11-20/h2-14H,15H2,1H3,(H,28,31)(H,29,32,34)/b22-14-. The molecule has 1 saturated heterocycles. The van der Waals surface area contributed by atoms with Crippen LogP contribution in [-0.2, 0) is 14.4 Å². The molecular weight excluding hydrogens is 470 g/mol. The number of ether oxygens (including phenoxy) is 1. The second kappa shape index (κ2) is 10.2. The number of halogens is 1. The topological polar surface area (TPSA) is 105 Å². The lowest BCUT2D eigenvalue weighted by atomic mass is 10.1. The van der Waals surface area contributed by atoms with Crippen molar-refractivity contribution in [3.05, 3.63) is 94.5 Å². The third-order valence-electron chi connectivity index (χ3n) is 5.03. The van der Waals surface area contributed by atoms with Crippen molar-refractivity contribution in [2.45, 2.75) is 6.92 Å². The first-order chi connectivity index (χ1) is 16.8. The van der Waals surface area contributed by atoms with Crippen LogP contribution in [-0.4, -0.2) is 30.4 Å². The number of anilines is 2. The maximum Gasteiger partial charge on any atom is 0.335 e. The summed E-state index contributed by atoms with van der Waals surface area (Å²) >= 11 is 5.88. The molecule has 2 N–H and O–H groups in total. The predicted molar refractivity (Wildman–Crippen MR) is 132 cm³/mol. The van der Waals surface area contributed by atoms with Gasteiger partial charge in [0.05, 0.1) is 5.69 Å². The van der Waals surface area contributed by atoms with Crippen LogP contribution in [0.5, 0.6) is 5.75 Å². The van der Waals surface area contributed by atoms with Crippen LogP contribution in [0.1, 0.15) is 11.1 Å².